The third kappa shape index (κ3) is 4.84. The maximum absolute atomic E-state index is 13.1. The smallest absolute Gasteiger partial charge is 0.225 e. The molecule has 2 fully saturated rings. The van der Waals surface area contributed by atoms with E-state index in [4.69, 9.17) is 4.74 Å². The van der Waals surface area contributed by atoms with Gasteiger partial charge in [0.2, 0.25) is 5.91 Å². The summed E-state index contributed by atoms with van der Waals surface area (Å²) in [4.78, 5) is 21.6. The van der Waals surface area contributed by atoms with Gasteiger partial charge in [-0.1, -0.05) is 0 Å². The summed E-state index contributed by atoms with van der Waals surface area (Å²) in [6.07, 6.45) is 1.74. The summed E-state index contributed by atoms with van der Waals surface area (Å²) < 4.78 is 5.24. The van der Waals surface area contributed by atoms with Crippen molar-refractivity contribution in [1.29, 1.82) is 0 Å². The quantitative estimate of drug-likeness (QED) is 0.728. The Morgan fingerprint density at radius 2 is 1.58 bits per heavy atom. The first-order valence-corrected chi connectivity index (χ1v) is 11.0. The zero-order valence-electron chi connectivity index (χ0n) is 18.7. The van der Waals surface area contributed by atoms with Crippen LogP contribution in [0.25, 0.3) is 0 Å². The lowest BCUT2D eigenvalue weighted by Gasteiger charge is -2.39. The Labute approximate surface area is 184 Å². The maximum atomic E-state index is 13.1. The molecule has 0 bridgehead atoms. The SMILES string of the molecule is COc1ccc(N2CCN(C(=O)C3CCN(c4ccc(N(C)C)nn4)CC3)CC2)cc1. The fraction of sp³-hybridized carbons (Fsp3) is 0.522. The normalized spacial score (nSPS) is 17.6. The monoisotopic (exact) mass is 424 g/mol. The minimum atomic E-state index is 0.109. The Hall–Kier alpha value is -3.03. The third-order valence-electron chi connectivity index (χ3n) is 6.29. The summed E-state index contributed by atoms with van der Waals surface area (Å²) >= 11 is 0. The van der Waals surface area contributed by atoms with Gasteiger partial charge in [0.05, 0.1) is 7.11 Å². The van der Waals surface area contributed by atoms with E-state index < -0.39 is 0 Å². The number of rotatable bonds is 5. The molecule has 0 atom stereocenters. The van der Waals surface area contributed by atoms with Crippen molar-refractivity contribution in [3.8, 4) is 5.75 Å². The van der Waals surface area contributed by atoms with E-state index in [9.17, 15) is 4.79 Å². The minimum absolute atomic E-state index is 0.109. The van der Waals surface area contributed by atoms with Gasteiger partial charge in [-0.3, -0.25) is 4.79 Å². The van der Waals surface area contributed by atoms with Crippen LogP contribution in [0, 0.1) is 5.92 Å². The molecular weight excluding hydrogens is 392 g/mol. The molecule has 2 aliphatic rings. The molecule has 2 aliphatic heterocycles. The highest BCUT2D eigenvalue weighted by Crippen LogP contribution is 2.25. The second-order valence-corrected chi connectivity index (χ2v) is 8.42. The summed E-state index contributed by atoms with van der Waals surface area (Å²) in [6.45, 7) is 4.98. The number of anilines is 3. The molecule has 0 saturated carbocycles. The van der Waals surface area contributed by atoms with Crippen LogP contribution in [0.15, 0.2) is 36.4 Å². The van der Waals surface area contributed by atoms with Crippen molar-refractivity contribution in [3.63, 3.8) is 0 Å². The summed E-state index contributed by atoms with van der Waals surface area (Å²) in [5, 5.41) is 8.63. The van der Waals surface area contributed by atoms with Crippen LogP contribution in [0.3, 0.4) is 0 Å². The molecule has 8 nitrogen and oxygen atoms in total. The molecule has 1 aromatic heterocycles. The van der Waals surface area contributed by atoms with Gasteiger partial charge in [-0.25, -0.2) is 0 Å². The van der Waals surface area contributed by atoms with Crippen LogP contribution in [-0.2, 0) is 4.79 Å². The van der Waals surface area contributed by atoms with E-state index in [1.54, 1.807) is 7.11 Å². The van der Waals surface area contributed by atoms with Gasteiger partial charge in [0.15, 0.2) is 11.6 Å². The lowest BCUT2D eigenvalue weighted by Crippen LogP contribution is -2.51. The Morgan fingerprint density at radius 1 is 0.903 bits per heavy atom. The number of ether oxygens (including phenoxy) is 1. The first-order chi connectivity index (χ1) is 15.0. The lowest BCUT2D eigenvalue weighted by molar-refractivity contribution is -0.136. The molecule has 166 valence electrons. The molecule has 0 aliphatic carbocycles. The highest BCUT2D eigenvalue weighted by atomic mass is 16.5. The first kappa shape index (κ1) is 21.2. The van der Waals surface area contributed by atoms with Gasteiger partial charge < -0.3 is 24.3 Å². The fourth-order valence-corrected chi connectivity index (χ4v) is 4.32. The highest BCUT2D eigenvalue weighted by Gasteiger charge is 2.31. The molecule has 0 unspecified atom stereocenters. The molecular formula is C23H32N6O2. The van der Waals surface area contributed by atoms with Crippen LogP contribution >= 0.6 is 0 Å². The molecule has 4 rings (SSSR count). The molecule has 3 heterocycles. The van der Waals surface area contributed by atoms with Gasteiger partial charge in [0.25, 0.3) is 0 Å². The van der Waals surface area contributed by atoms with Crippen molar-refractivity contribution < 1.29 is 9.53 Å². The summed E-state index contributed by atoms with van der Waals surface area (Å²) in [5.41, 5.74) is 1.18. The molecule has 1 amide bonds. The van der Waals surface area contributed by atoms with Gasteiger partial charge >= 0.3 is 0 Å². The van der Waals surface area contributed by atoms with E-state index >= 15 is 0 Å². The van der Waals surface area contributed by atoms with E-state index in [0.29, 0.717) is 5.91 Å². The fourth-order valence-electron chi connectivity index (χ4n) is 4.32. The van der Waals surface area contributed by atoms with Crippen LogP contribution in [-0.4, -0.2) is 81.5 Å². The maximum Gasteiger partial charge on any atom is 0.225 e. The van der Waals surface area contributed by atoms with Crippen LogP contribution in [0.2, 0.25) is 0 Å². The van der Waals surface area contributed by atoms with Gasteiger partial charge in [-0.05, 0) is 49.2 Å². The van der Waals surface area contributed by atoms with Crippen LogP contribution in [0.4, 0.5) is 17.3 Å². The van der Waals surface area contributed by atoms with Crippen molar-refractivity contribution in [2.45, 2.75) is 12.8 Å². The zero-order chi connectivity index (χ0) is 21.8. The summed E-state index contributed by atoms with van der Waals surface area (Å²) in [6, 6.07) is 12.1. The molecule has 1 aromatic carbocycles. The molecule has 0 radical (unpaired) electrons. The number of carbonyl (C=O) groups excluding carboxylic acids is 1. The number of carbonyl (C=O) groups is 1. The number of piperazine rings is 1. The Morgan fingerprint density at radius 3 is 2.13 bits per heavy atom. The number of benzene rings is 1. The molecule has 0 spiro atoms. The first-order valence-electron chi connectivity index (χ1n) is 11.0. The average Bonchev–Trinajstić information content (AvgIpc) is 2.84. The standard InChI is InChI=1S/C23H32N6O2/c1-26(2)21-8-9-22(25-24-21)28-12-10-18(11-13-28)23(30)29-16-14-27(15-17-29)19-4-6-20(31-3)7-5-19/h4-9,18H,10-17H2,1-3H3. The van der Waals surface area contributed by atoms with Crippen LogP contribution in [0.5, 0.6) is 5.75 Å². The van der Waals surface area contributed by atoms with Crippen molar-refractivity contribution in [2.75, 3.05) is 75.2 Å². The van der Waals surface area contributed by atoms with E-state index in [-0.39, 0.29) is 5.92 Å². The highest BCUT2D eigenvalue weighted by molar-refractivity contribution is 5.79. The van der Waals surface area contributed by atoms with E-state index in [0.717, 1.165) is 69.5 Å². The number of hydrogen-bond donors (Lipinski definition) is 0. The second kappa shape index (κ2) is 9.41. The number of aromatic nitrogens is 2. The number of hydrogen-bond acceptors (Lipinski definition) is 7. The van der Waals surface area contributed by atoms with Crippen molar-refractivity contribution in [2.24, 2.45) is 5.92 Å². The van der Waals surface area contributed by atoms with E-state index in [2.05, 4.69) is 32.1 Å². The van der Waals surface area contributed by atoms with Gasteiger partial charge in [0.1, 0.15) is 5.75 Å². The number of piperidine rings is 1. The van der Waals surface area contributed by atoms with Gasteiger partial charge in [0, 0.05) is 65.0 Å². The van der Waals surface area contributed by atoms with E-state index in [1.807, 2.05) is 48.2 Å². The Kier molecular flexibility index (Phi) is 6.44. The second-order valence-electron chi connectivity index (χ2n) is 8.42. The largest absolute Gasteiger partial charge is 0.497 e. The third-order valence-corrected chi connectivity index (χ3v) is 6.29. The minimum Gasteiger partial charge on any atom is -0.497 e. The van der Waals surface area contributed by atoms with Crippen LogP contribution < -0.4 is 19.4 Å². The van der Waals surface area contributed by atoms with Gasteiger partial charge in [-0.15, -0.1) is 10.2 Å². The van der Waals surface area contributed by atoms with Crippen LogP contribution in [0.1, 0.15) is 12.8 Å². The molecule has 2 saturated heterocycles. The Bertz CT molecular complexity index is 855. The van der Waals surface area contributed by atoms with Gasteiger partial charge in [-0.2, -0.15) is 0 Å². The lowest BCUT2D eigenvalue weighted by atomic mass is 9.95. The molecule has 31 heavy (non-hydrogen) atoms. The number of methoxy groups -OCH3 is 1. The number of amides is 1. The predicted octanol–water partition coefficient (Wildman–Crippen LogP) is 2.12. The topological polar surface area (TPSA) is 65.0 Å². The summed E-state index contributed by atoms with van der Waals surface area (Å²) in [7, 11) is 5.59. The molecule has 8 heteroatoms. The van der Waals surface area contributed by atoms with Crippen molar-refractivity contribution in [1.82, 2.24) is 15.1 Å². The molecule has 0 N–H and O–H groups in total. The summed E-state index contributed by atoms with van der Waals surface area (Å²) in [5.74, 6) is 3.02. The zero-order valence-corrected chi connectivity index (χ0v) is 18.7. The van der Waals surface area contributed by atoms with E-state index in [1.165, 1.54) is 5.69 Å². The Balaban J connectivity index is 1.26. The van der Waals surface area contributed by atoms with Crippen molar-refractivity contribution >= 4 is 23.2 Å². The predicted molar refractivity (Wildman–Crippen MR) is 123 cm³/mol. The van der Waals surface area contributed by atoms with Crippen molar-refractivity contribution in [3.05, 3.63) is 36.4 Å². The number of nitrogens with zero attached hydrogens (tertiary/aromatic N) is 6. The molecule has 2 aromatic rings. The average molecular weight is 425 g/mol.